The molecule has 7 heteroatoms. The zero-order valence-corrected chi connectivity index (χ0v) is 16.4. The molecule has 1 heterocycles. The SMILES string of the molecule is COc1cc(C(=O)NCc2ccc(N3CCNC(=O)C3)cc2)cc(OC)c1C. The minimum atomic E-state index is -0.201. The number of piperazine rings is 1. The van der Waals surface area contributed by atoms with E-state index in [1.54, 1.807) is 26.4 Å². The Kier molecular flexibility index (Phi) is 6.03. The number of methoxy groups -OCH3 is 2. The number of carbonyl (C=O) groups excluding carboxylic acids is 2. The number of benzene rings is 2. The van der Waals surface area contributed by atoms with E-state index in [9.17, 15) is 9.59 Å². The third-order valence-corrected chi connectivity index (χ3v) is 4.81. The fraction of sp³-hybridized carbons (Fsp3) is 0.333. The van der Waals surface area contributed by atoms with Gasteiger partial charge < -0.3 is 25.0 Å². The van der Waals surface area contributed by atoms with Crippen molar-refractivity contribution in [3.05, 3.63) is 53.1 Å². The van der Waals surface area contributed by atoms with Gasteiger partial charge in [-0.3, -0.25) is 9.59 Å². The lowest BCUT2D eigenvalue weighted by Gasteiger charge is -2.28. The molecule has 3 rings (SSSR count). The zero-order valence-electron chi connectivity index (χ0n) is 16.4. The molecule has 0 saturated carbocycles. The van der Waals surface area contributed by atoms with Crippen LogP contribution in [0.2, 0.25) is 0 Å². The molecule has 0 aliphatic carbocycles. The number of nitrogens with one attached hydrogen (secondary N) is 2. The topological polar surface area (TPSA) is 79.9 Å². The van der Waals surface area contributed by atoms with E-state index >= 15 is 0 Å². The van der Waals surface area contributed by atoms with E-state index in [0.29, 0.717) is 36.7 Å². The van der Waals surface area contributed by atoms with Crippen LogP contribution < -0.4 is 25.0 Å². The first-order chi connectivity index (χ1) is 13.5. The maximum Gasteiger partial charge on any atom is 0.251 e. The van der Waals surface area contributed by atoms with Crippen LogP contribution >= 0.6 is 0 Å². The van der Waals surface area contributed by atoms with Crippen molar-refractivity contribution < 1.29 is 19.1 Å². The highest BCUT2D eigenvalue weighted by Gasteiger charge is 2.16. The highest BCUT2D eigenvalue weighted by molar-refractivity contribution is 5.95. The first-order valence-corrected chi connectivity index (χ1v) is 9.13. The molecule has 2 N–H and O–H groups in total. The standard InChI is InChI=1S/C21H25N3O4/c1-14-18(27-2)10-16(11-19(14)28-3)21(26)23-12-15-4-6-17(7-5-15)24-9-8-22-20(25)13-24/h4-7,10-11H,8-9,12-13H2,1-3H3,(H,22,25)(H,23,26). The van der Waals surface area contributed by atoms with Crippen LogP contribution in [-0.4, -0.2) is 45.7 Å². The molecule has 28 heavy (non-hydrogen) atoms. The summed E-state index contributed by atoms with van der Waals surface area (Å²) < 4.78 is 10.7. The summed E-state index contributed by atoms with van der Waals surface area (Å²) in [6, 6.07) is 11.3. The largest absolute Gasteiger partial charge is 0.496 e. The molecule has 1 aliphatic heterocycles. The van der Waals surface area contributed by atoms with Gasteiger partial charge in [0.15, 0.2) is 0 Å². The van der Waals surface area contributed by atoms with Gasteiger partial charge in [0.05, 0.1) is 20.8 Å². The Morgan fingerprint density at radius 1 is 1.14 bits per heavy atom. The van der Waals surface area contributed by atoms with Gasteiger partial charge in [-0.1, -0.05) is 12.1 Å². The summed E-state index contributed by atoms with van der Waals surface area (Å²) in [5, 5.41) is 5.73. The Labute approximate surface area is 164 Å². The average Bonchev–Trinajstić information content (AvgIpc) is 2.72. The molecule has 0 aromatic heterocycles. The van der Waals surface area contributed by atoms with Crippen molar-refractivity contribution >= 4 is 17.5 Å². The molecular weight excluding hydrogens is 358 g/mol. The van der Waals surface area contributed by atoms with Crippen LogP contribution in [-0.2, 0) is 11.3 Å². The van der Waals surface area contributed by atoms with E-state index in [4.69, 9.17) is 9.47 Å². The molecular formula is C21H25N3O4. The molecule has 2 amide bonds. The second-order valence-electron chi connectivity index (χ2n) is 6.63. The Hall–Kier alpha value is -3.22. The fourth-order valence-electron chi connectivity index (χ4n) is 3.19. The quantitative estimate of drug-likeness (QED) is 0.796. The average molecular weight is 383 g/mol. The van der Waals surface area contributed by atoms with Crippen LogP contribution in [0.1, 0.15) is 21.5 Å². The predicted molar refractivity (Wildman–Crippen MR) is 107 cm³/mol. The first kappa shape index (κ1) is 19.5. The molecule has 0 unspecified atom stereocenters. The highest BCUT2D eigenvalue weighted by atomic mass is 16.5. The van der Waals surface area contributed by atoms with E-state index in [1.165, 1.54) is 0 Å². The summed E-state index contributed by atoms with van der Waals surface area (Å²) in [7, 11) is 3.13. The summed E-state index contributed by atoms with van der Waals surface area (Å²) >= 11 is 0. The molecule has 0 bridgehead atoms. The number of nitrogens with zero attached hydrogens (tertiary/aromatic N) is 1. The maximum atomic E-state index is 12.5. The maximum absolute atomic E-state index is 12.5. The van der Waals surface area contributed by atoms with E-state index < -0.39 is 0 Å². The van der Waals surface area contributed by atoms with Gasteiger partial charge in [-0.05, 0) is 36.8 Å². The van der Waals surface area contributed by atoms with Crippen molar-refractivity contribution in [1.29, 1.82) is 0 Å². The van der Waals surface area contributed by atoms with Gasteiger partial charge >= 0.3 is 0 Å². The number of amides is 2. The molecule has 148 valence electrons. The van der Waals surface area contributed by atoms with Crippen LogP contribution in [0.25, 0.3) is 0 Å². The fourth-order valence-corrected chi connectivity index (χ4v) is 3.19. The number of ether oxygens (including phenoxy) is 2. The van der Waals surface area contributed by atoms with Crippen molar-refractivity contribution in [2.24, 2.45) is 0 Å². The van der Waals surface area contributed by atoms with Gasteiger partial charge in [-0.15, -0.1) is 0 Å². The number of hydrogen-bond donors (Lipinski definition) is 2. The van der Waals surface area contributed by atoms with E-state index in [-0.39, 0.29) is 11.8 Å². The second kappa shape index (κ2) is 8.65. The lowest BCUT2D eigenvalue weighted by Crippen LogP contribution is -2.47. The Balaban J connectivity index is 1.64. The Bertz CT molecular complexity index is 839. The molecule has 1 saturated heterocycles. The third-order valence-electron chi connectivity index (χ3n) is 4.81. The molecule has 0 atom stereocenters. The number of rotatable bonds is 6. The molecule has 0 radical (unpaired) electrons. The van der Waals surface area contributed by atoms with Crippen LogP contribution in [0, 0.1) is 6.92 Å². The van der Waals surface area contributed by atoms with E-state index in [0.717, 1.165) is 23.4 Å². The molecule has 1 aliphatic rings. The molecule has 1 fully saturated rings. The molecule has 2 aromatic carbocycles. The molecule has 2 aromatic rings. The smallest absolute Gasteiger partial charge is 0.251 e. The van der Waals surface area contributed by atoms with Crippen LogP contribution in [0.15, 0.2) is 36.4 Å². The predicted octanol–water partition coefficient (Wildman–Crippen LogP) is 1.88. The van der Waals surface area contributed by atoms with E-state index in [1.807, 2.05) is 36.1 Å². The number of anilines is 1. The van der Waals surface area contributed by atoms with Crippen LogP contribution in [0.5, 0.6) is 11.5 Å². The van der Waals surface area contributed by atoms with Crippen molar-refractivity contribution in [3.8, 4) is 11.5 Å². The summed E-state index contributed by atoms with van der Waals surface area (Å²) in [5.41, 5.74) is 3.31. The van der Waals surface area contributed by atoms with Crippen molar-refractivity contribution in [1.82, 2.24) is 10.6 Å². The van der Waals surface area contributed by atoms with Crippen LogP contribution in [0.4, 0.5) is 5.69 Å². The first-order valence-electron chi connectivity index (χ1n) is 9.13. The molecule has 0 spiro atoms. The van der Waals surface area contributed by atoms with Crippen molar-refractivity contribution in [2.45, 2.75) is 13.5 Å². The summed E-state index contributed by atoms with van der Waals surface area (Å²) in [5.74, 6) is 1.05. The normalized spacial score (nSPS) is 13.7. The Morgan fingerprint density at radius 2 is 1.79 bits per heavy atom. The van der Waals surface area contributed by atoms with Crippen molar-refractivity contribution in [2.75, 3.05) is 38.8 Å². The Morgan fingerprint density at radius 3 is 2.36 bits per heavy atom. The third kappa shape index (κ3) is 4.36. The van der Waals surface area contributed by atoms with Gasteiger partial charge in [-0.2, -0.15) is 0 Å². The van der Waals surface area contributed by atoms with Crippen molar-refractivity contribution in [3.63, 3.8) is 0 Å². The van der Waals surface area contributed by atoms with Crippen LogP contribution in [0.3, 0.4) is 0 Å². The van der Waals surface area contributed by atoms with Gasteiger partial charge in [0.2, 0.25) is 5.91 Å². The molecule has 7 nitrogen and oxygen atoms in total. The van der Waals surface area contributed by atoms with E-state index in [2.05, 4.69) is 10.6 Å². The van der Waals surface area contributed by atoms with Gasteiger partial charge in [0.1, 0.15) is 11.5 Å². The number of carbonyl (C=O) groups is 2. The van der Waals surface area contributed by atoms with Gasteiger partial charge in [-0.25, -0.2) is 0 Å². The highest BCUT2D eigenvalue weighted by Crippen LogP contribution is 2.29. The summed E-state index contributed by atoms with van der Waals surface area (Å²) in [6.07, 6.45) is 0. The monoisotopic (exact) mass is 383 g/mol. The number of hydrogen-bond acceptors (Lipinski definition) is 5. The summed E-state index contributed by atoms with van der Waals surface area (Å²) in [6.45, 7) is 4.09. The minimum absolute atomic E-state index is 0.0338. The summed E-state index contributed by atoms with van der Waals surface area (Å²) in [4.78, 5) is 26.1. The second-order valence-corrected chi connectivity index (χ2v) is 6.63. The zero-order chi connectivity index (χ0) is 20.1. The lowest BCUT2D eigenvalue weighted by atomic mass is 10.1. The minimum Gasteiger partial charge on any atom is -0.496 e. The van der Waals surface area contributed by atoms with Gasteiger partial charge in [0, 0.05) is 36.4 Å². The van der Waals surface area contributed by atoms with Gasteiger partial charge in [0.25, 0.3) is 5.91 Å². The lowest BCUT2D eigenvalue weighted by molar-refractivity contribution is -0.120.